The maximum atomic E-state index is 9.85. The van der Waals surface area contributed by atoms with Crippen LogP contribution >= 0.6 is 0 Å². The van der Waals surface area contributed by atoms with E-state index in [0.29, 0.717) is 0 Å². The zero-order valence-corrected chi connectivity index (χ0v) is 16.6. The number of hydrogen-bond acceptors (Lipinski definition) is 3. The molecule has 0 aliphatic rings. The van der Waals surface area contributed by atoms with Gasteiger partial charge in [-0.05, 0) is 0 Å². The van der Waals surface area contributed by atoms with Crippen molar-refractivity contribution in [2.24, 2.45) is 5.73 Å². The van der Waals surface area contributed by atoms with Gasteiger partial charge in [-0.15, -0.1) is 0 Å². The second-order valence-corrected chi connectivity index (χ2v) is 1.54. The van der Waals surface area contributed by atoms with Crippen molar-refractivity contribution in [2.75, 3.05) is 0 Å². The van der Waals surface area contributed by atoms with Crippen LogP contribution in [0.2, 0.25) is 0 Å². The summed E-state index contributed by atoms with van der Waals surface area (Å²) in [6.45, 7) is 0. The van der Waals surface area contributed by atoms with Crippen LogP contribution in [0.25, 0.3) is 0 Å². The van der Waals surface area contributed by atoms with Gasteiger partial charge in [-0.3, -0.25) is 9.59 Å². The van der Waals surface area contributed by atoms with E-state index in [9.17, 15) is 9.59 Å². The molecule has 0 aromatic carbocycles. The largest absolute Gasteiger partial charge is 1.00 e. The van der Waals surface area contributed by atoms with Crippen LogP contribution in [0.3, 0.4) is 0 Å². The molecule has 0 saturated heterocycles. The van der Waals surface area contributed by atoms with Crippen LogP contribution in [-0.2, 0) is 9.59 Å². The molecule has 0 bridgehead atoms. The van der Waals surface area contributed by atoms with Crippen molar-refractivity contribution >= 4 is 11.9 Å². The second kappa shape index (κ2) is 17.3. The van der Waals surface area contributed by atoms with Gasteiger partial charge in [0.25, 0.3) is 0 Å². The first-order chi connectivity index (χ1) is 4.04. The molecule has 0 fully saturated rings. The third kappa shape index (κ3) is 20.9. The smallest absolute Gasteiger partial charge is 1.00 e. The number of rotatable bonds is 3. The number of carbonyl (C=O) groups is 2. The first kappa shape index (κ1) is 29.7. The zero-order chi connectivity index (χ0) is 7.44. The maximum Gasteiger partial charge on any atom is 1.00 e. The first-order valence-corrected chi connectivity index (χ1v) is 2.24. The van der Waals surface area contributed by atoms with Gasteiger partial charge in [0.1, 0.15) is 6.04 Å². The van der Waals surface area contributed by atoms with E-state index in [4.69, 9.17) is 15.9 Å². The molecule has 4 N–H and O–H groups in total. The van der Waals surface area contributed by atoms with Crippen LogP contribution in [0.1, 0.15) is 12.1 Å². The van der Waals surface area contributed by atoms with Gasteiger partial charge in [0.15, 0.2) is 0 Å². The van der Waals surface area contributed by atoms with E-state index in [-0.39, 0.29) is 124 Å². The zero-order valence-electron chi connectivity index (χ0n) is 12.6. The van der Waals surface area contributed by atoms with Gasteiger partial charge < -0.3 is 21.7 Å². The summed E-state index contributed by atoms with van der Waals surface area (Å²) in [6.07, 6.45) is -0.532. The summed E-state index contributed by atoms with van der Waals surface area (Å²) in [7, 11) is 0. The van der Waals surface area contributed by atoms with Gasteiger partial charge in [0.2, 0.25) is 0 Å². The van der Waals surface area contributed by atoms with E-state index in [2.05, 4.69) is 0 Å². The van der Waals surface area contributed by atoms with Crippen LogP contribution in [0, 0.1) is 0 Å². The molecule has 0 amide bonds. The summed E-state index contributed by atoms with van der Waals surface area (Å²) >= 11 is 0. The normalized spacial score (nSPS) is 8.69. The minimum absolute atomic E-state index is 0. The van der Waals surface area contributed by atoms with Gasteiger partial charge in [-0.25, -0.2) is 0 Å². The van der Waals surface area contributed by atoms with Crippen LogP contribution in [0.4, 0.5) is 0 Å². The Labute approximate surface area is 171 Å². The van der Waals surface area contributed by atoms with Crippen molar-refractivity contribution in [3.05, 3.63) is 0 Å². The molecule has 0 radical (unpaired) electrons. The Bertz CT molecular complexity index is 157. The van der Waals surface area contributed by atoms with E-state index >= 15 is 0 Å². The minimum Gasteiger partial charge on any atom is -1.00 e. The fourth-order valence-corrected chi connectivity index (χ4v) is 0.275. The van der Waals surface area contributed by atoms with Crippen molar-refractivity contribution in [1.82, 2.24) is 0 Å². The fraction of sp³-hybridized carbons (Fsp3) is 0.500. The predicted molar refractivity (Wildman–Crippen MR) is 32.3 cm³/mol. The minimum atomic E-state index is -1.29. The Balaban J connectivity index is -0.0000000114. The van der Waals surface area contributed by atoms with E-state index in [1.165, 1.54) is 0 Å². The van der Waals surface area contributed by atoms with Crippen LogP contribution in [-0.4, -0.2) is 28.2 Å². The van der Waals surface area contributed by atoms with Crippen LogP contribution in [0.15, 0.2) is 0 Å². The Hall–Kier alpha value is 2.90. The van der Waals surface area contributed by atoms with Crippen molar-refractivity contribution in [1.29, 1.82) is 0 Å². The summed E-state index contributed by atoms with van der Waals surface area (Å²) in [5, 5.41) is 16.0. The van der Waals surface area contributed by atoms with Crippen molar-refractivity contribution in [3.63, 3.8) is 0 Å². The van der Waals surface area contributed by atoms with Gasteiger partial charge in [-0.1, -0.05) is 0 Å². The summed E-state index contributed by atoms with van der Waals surface area (Å²) in [5.74, 6) is -2.50. The molecule has 0 spiro atoms. The Morgan fingerprint density at radius 3 is 1.54 bits per heavy atom. The number of aliphatic carboxylic acids is 2. The van der Waals surface area contributed by atoms with Crippen LogP contribution < -0.4 is 124 Å². The molecule has 0 aliphatic heterocycles. The molecule has 9 heteroatoms. The molecule has 0 saturated carbocycles. The summed E-state index contributed by atoms with van der Waals surface area (Å²) in [6, 6.07) is -1.29. The predicted octanol–water partition coefficient (Wildman–Crippen LogP) is -12.7. The molecule has 0 rings (SSSR count). The molecule has 5 nitrogen and oxygen atoms in total. The molecule has 0 aromatic rings. The fourth-order valence-electron chi connectivity index (χ4n) is 0.275. The standard InChI is InChI=1S/C4H7NO4.4Na.4H/c5-2(4(8)9)1-3(6)7;;;;;;;;/h2H,1,5H2,(H,6,7)(H,8,9);;;;;;;;/q;4*+1;4*-1. The molecule has 1 unspecified atom stereocenters. The SMILES string of the molecule is NC(CC(=O)O)C(=O)O.[H-].[H-].[H-].[H-].[Na+].[Na+].[Na+].[Na+]. The topological polar surface area (TPSA) is 101 Å². The van der Waals surface area contributed by atoms with E-state index in [0.717, 1.165) is 0 Å². The quantitative estimate of drug-likeness (QED) is 0.417. The Morgan fingerprint density at radius 2 is 1.46 bits per heavy atom. The van der Waals surface area contributed by atoms with Gasteiger partial charge >= 0.3 is 130 Å². The van der Waals surface area contributed by atoms with Gasteiger partial charge in [0, 0.05) is 0 Å². The van der Waals surface area contributed by atoms with Crippen molar-refractivity contribution < 1.29 is 144 Å². The third-order valence-corrected chi connectivity index (χ3v) is 0.712. The van der Waals surface area contributed by atoms with Crippen molar-refractivity contribution in [3.8, 4) is 0 Å². The van der Waals surface area contributed by atoms with E-state index in [1.807, 2.05) is 0 Å². The molecule has 13 heavy (non-hydrogen) atoms. The van der Waals surface area contributed by atoms with Gasteiger partial charge in [0.05, 0.1) is 6.42 Å². The molecule has 0 aromatic heterocycles. The summed E-state index contributed by atoms with van der Waals surface area (Å²) in [4.78, 5) is 19.6. The van der Waals surface area contributed by atoms with E-state index in [1.54, 1.807) is 0 Å². The number of carboxylic acid groups (broad SMARTS) is 2. The average Bonchev–Trinajstić information content (AvgIpc) is 1.63. The molecule has 60 valence electrons. The molecule has 0 heterocycles. The Kier molecular flexibility index (Phi) is 39.5. The van der Waals surface area contributed by atoms with Crippen LogP contribution in [0.5, 0.6) is 0 Å². The summed E-state index contributed by atoms with van der Waals surface area (Å²) in [5.41, 5.74) is 4.84. The number of nitrogens with two attached hydrogens (primary N) is 1. The molecule has 1 atom stereocenters. The number of hydrogen-bond donors (Lipinski definition) is 3. The first-order valence-electron chi connectivity index (χ1n) is 2.24. The molecule has 0 aliphatic carbocycles. The molecular weight excluding hydrogens is 218 g/mol. The van der Waals surface area contributed by atoms with Crippen molar-refractivity contribution in [2.45, 2.75) is 12.5 Å². The second-order valence-electron chi connectivity index (χ2n) is 1.54. The summed E-state index contributed by atoms with van der Waals surface area (Å²) < 4.78 is 0. The third-order valence-electron chi connectivity index (χ3n) is 0.712. The average molecular weight is 229 g/mol. The van der Waals surface area contributed by atoms with E-state index < -0.39 is 24.4 Å². The molecular formula is C4H11NNa4O4. The Morgan fingerprint density at radius 1 is 1.15 bits per heavy atom. The maximum absolute atomic E-state index is 9.85. The monoisotopic (exact) mass is 229 g/mol. The number of carboxylic acids is 2. The van der Waals surface area contributed by atoms with Gasteiger partial charge in [-0.2, -0.15) is 0 Å².